The third kappa shape index (κ3) is 2.98. The molecule has 2 aliphatic rings. The third-order valence-electron chi connectivity index (χ3n) is 4.52. The molecule has 5 heteroatoms. The quantitative estimate of drug-likeness (QED) is 0.912. The van der Waals surface area contributed by atoms with Gasteiger partial charge in [0.2, 0.25) is 0 Å². The van der Waals surface area contributed by atoms with Gasteiger partial charge in [-0.3, -0.25) is 4.90 Å². The molecule has 1 saturated heterocycles. The first-order valence-corrected chi connectivity index (χ1v) is 8.08. The third-order valence-corrected chi connectivity index (χ3v) is 4.80. The highest BCUT2D eigenvalue weighted by Gasteiger charge is 2.30. The molecule has 0 aromatic heterocycles. The molecule has 0 aliphatic carbocycles. The molecule has 1 aromatic carbocycles. The molecule has 0 spiro atoms. The van der Waals surface area contributed by atoms with E-state index in [-0.39, 0.29) is 0 Å². The zero-order valence-electron chi connectivity index (χ0n) is 12.5. The number of hydrogen-bond acceptors (Lipinski definition) is 4. The van der Waals surface area contributed by atoms with Gasteiger partial charge in [-0.1, -0.05) is 18.0 Å². The van der Waals surface area contributed by atoms with Gasteiger partial charge in [0, 0.05) is 6.04 Å². The molecule has 116 valence electrons. The van der Waals surface area contributed by atoms with Gasteiger partial charge in [0.15, 0.2) is 11.5 Å². The van der Waals surface area contributed by atoms with Crippen LogP contribution in [0, 0.1) is 5.92 Å². The highest BCUT2D eigenvalue weighted by molar-refractivity contribution is 6.32. The van der Waals surface area contributed by atoms with Crippen molar-refractivity contribution in [3.05, 3.63) is 22.7 Å². The summed E-state index contributed by atoms with van der Waals surface area (Å²) in [7, 11) is 2.17. The lowest BCUT2D eigenvalue weighted by Crippen LogP contribution is -2.33. The van der Waals surface area contributed by atoms with Crippen molar-refractivity contribution in [1.29, 1.82) is 0 Å². The van der Waals surface area contributed by atoms with E-state index in [4.69, 9.17) is 26.8 Å². The predicted molar refractivity (Wildman–Crippen MR) is 84.2 cm³/mol. The number of benzene rings is 1. The van der Waals surface area contributed by atoms with Crippen LogP contribution in [0.3, 0.4) is 0 Å². The monoisotopic (exact) mass is 310 g/mol. The molecule has 0 saturated carbocycles. The molecule has 2 unspecified atom stereocenters. The Balaban J connectivity index is 1.98. The number of halogens is 1. The number of fused-ring (bicyclic) bond motifs is 1. The second-order valence-electron chi connectivity index (χ2n) is 5.94. The van der Waals surface area contributed by atoms with Gasteiger partial charge in [-0.25, -0.2) is 0 Å². The number of hydrogen-bond donors (Lipinski definition) is 1. The first kappa shape index (κ1) is 14.9. The van der Waals surface area contributed by atoms with Gasteiger partial charge in [-0.05, 0) is 56.6 Å². The molecule has 0 amide bonds. The molecule has 4 nitrogen and oxygen atoms in total. The fourth-order valence-corrected chi connectivity index (χ4v) is 3.77. The van der Waals surface area contributed by atoms with E-state index in [2.05, 4.69) is 18.0 Å². The zero-order valence-corrected chi connectivity index (χ0v) is 13.2. The topological polar surface area (TPSA) is 47.7 Å². The van der Waals surface area contributed by atoms with Crippen LogP contribution in [0.15, 0.2) is 12.1 Å². The number of likely N-dealkylation sites (tertiary alicyclic amines) is 1. The van der Waals surface area contributed by atoms with Gasteiger partial charge in [0.05, 0.1) is 5.02 Å². The van der Waals surface area contributed by atoms with E-state index in [0.29, 0.717) is 42.5 Å². The summed E-state index contributed by atoms with van der Waals surface area (Å²) in [5.74, 6) is 1.89. The van der Waals surface area contributed by atoms with Gasteiger partial charge in [-0.2, -0.15) is 0 Å². The normalized spacial score (nSPS) is 26.4. The molecule has 3 rings (SSSR count). The summed E-state index contributed by atoms with van der Waals surface area (Å²) in [6, 6.07) is 4.39. The van der Waals surface area contributed by atoms with Crippen molar-refractivity contribution in [2.45, 2.75) is 25.3 Å². The van der Waals surface area contributed by atoms with Crippen molar-refractivity contribution in [2.24, 2.45) is 11.7 Å². The Labute approximate surface area is 131 Å². The molecule has 2 heterocycles. The van der Waals surface area contributed by atoms with Gasteiger partial charge in [0.1, 0.15) is 13.2 Å². The van der Waals surface area contributed by atoms with E-state index in [9.17, 15) is 0 Å². The molecular formula is C16H23ClN2O2. The van der Waals surface area contributed by atoms with E-state index in [0.717, 1.165) is 18.7 Å². The molecule has 1 aromatic rings. The summed E-state index contributed by atoms with van der Waals surface area (Å²) in [4.78, 5) is 2.40. The molecule has 0 bridgehead atoms. The van der Waals surface area contributed by atoms with Gasteiger partial charge < -0.3 is 15.2 Å². The standard InChI is InChI=1S/C16H23ClN2O2/c1-19-5-3-2-4-11(10-18)15(19)12-8-13(17)16-14(9-12)20-6-7-21-16/h8-9,11,15H,2-7,10,18H2,1H3. The number of rotatable bonds is 2. The van der Waals surface area contributed by atoms with E-state index in [1.54, 1.807) is 0 Å². The van der Waals surface area contributed by atoms with Crippen LogP contribution in [-0.2, 0) is 0 Å². The van der Waals surface area contributed by atoms with Crippen LogP contribution in [0.2, 0.25) is 5.02 Å². The van der Waals surface area contributed by atoms with Crippen molar-refractivity contribution >= 4 is 11.6 Å². The zero-order chi connectivity index (χ0) is 14.8. The fraction of sp³-hybridized carbons (Fsp3) is 0.625. The molecule has 2 N–H and O–H groups in total. The van der Waals surface area contributed by atoms with E-state index < -0.39 is 0 Å². The minimum Gasteiger partial charge on any atom is -0.486 e. The molecule has 2 atom stereocenters. The number of nitrogens with two attached hydrogens (primary N) is 1. The van der Waals surface area contributed by atoms with E-state index >= 15 is 0 Å². The number of ether oxygens (including phenoxy) is 2. The number of nitrogens with zero attached hydrogens (tertiary/aromatic N) is 1. The lowest BCUT2D eigenvalue weighted by molar-refractivity contribution is 0.168. The largest absolute Gasteiger partial charge is 0.486 e. The Morgan fingerprint density at radius 1 is 1.29 bits per heavy atom. The highest BCUT2D eigenvalue weighted by Crippen LogP contribution is 2.43. The van der Waals surface area contributed by atoms with Crippen LogP contribution in [0.1, 0.15) is 30.9 Å². The summed E-state index contributed by atoms with van der Waals surface area (Å²) < 4.78 is 11.3. The average Bonchev–Trinajstić information content (AvgIpc) is 2.68. The van der Waals surface area contributed by atoms with E-state index in [1.165, 1.54) is 18.4 Å². The maximum absolute atomic E-state index is 6.39. The van der Waals surface area contributed by atoms with Gasteiger partial charge in [0.25, 0.3) is 0 Å². The predicted octanol–water partition coefficient (Wildman–Crippen LogP) is 2.84. The van der Waals surface area contributed by atoms with Crippen LogP contribution >= 0.6 is 11.6 Å². The van der Waals surface area contributed by atoms with Crippen LogP contribution in [0.25, 0.3) is 0 Å². The highest BCUT2D eigenvalue weighted by atomic mass is 35.5. The summed E-state index contributed by atoms with van der Waals surface area (Å²) >= 11 is 6.39. The Kier molecular flexibility index (Phi) is 4.57. The lowest BCUT2D eigenvalue weighted by Gasteiger charge is -2.33. The smallest absolute Gasteiger partial charge is 0.179 e. The molecule has 0 radical (unpaired) electrons. The molecule has 2 aliphatic heterocycles. The summed E-state index contributed by atoms with van der Waals surface area (Å²) in [5.41, 5.74) is 7.21. The first-order chi connectivity index (χ1) is 10.2. The maximum atomic E-state index is 6.39. The summed E-state index contributed by atoms with van der Waals surface area (Å²) in [6.07, 6.45) is 3.63. The lowest BCUT2D eigenvalue weighted by atomic mass is 9.89. The second kappa shape index (κ2) is 6.42. The van der Waals surface area contributed by atoms with Gasteiger partial charge >= 0.3 is 0 Å². The summed E-state index contributed by atoms with van der Waals surface area (Å²) in [6.45, 7) is 2.92. The maximum Gasteiger partial charge on any atom is 0.179 e. The average molecular weight is 311 g/mol. The van der Waals surface area contributed by atoms with Crippen molar-refractivity contribution in [1.82, 2.24) is 4.90 Å². The molecule has 1 fully saturated rings. The minimum absolute atomic E-state index is 0.297. The van der Waals surface area contributed by atoms with Crippen molar-refractivity contribution in [3.63, 3.8) is 0 Å². The SMILES string of the molecule is CN1CCCCC(CN)C1c1cc(Cl)c2c(c1)OCCO2. The van der Waals surface area contributed by atoms with Crippen LogP contribution in [-0.4, -0.2) is 38.3 Å². The van der Waals surface area contributed by atoms with Crippen LogP contribution < -0.4 is 15.2 Å². The van der Waals surface area contributed by atoms with Crippen LogP contribution in [0.4, 0.5) is 0 Å². The summed E-state index contributed by atoms with van der Waals surface area (Å²) in [5, 5.41) is 0.635. The van der Waals surface area contributed by atoms with Crippen LogP contribution in [0.5, 0.6) is 11.5 Å². The first-order valence-electron chi connectivity index (χ1n) is 7.70. The van der Waals surface area contributed by atoms with Crippen molar-refractivity contribution in [2.75, 3.05) is 33.4 Å². The minimum atomic E-state index is 0.297. The Morgan fingerprint density at radius 3 is 2.90 bits per heavy atom. The Hall–Kier alpha value is -0.970. The van der Waals surface area contributed by atoms with E-state index in [1.807, 2.05) is 6.07 Å². The van der Waals surface area contributed by atoms with Crippen molar-refractivity contribution in [3.8, 4) is 11.5 Å². The Bertz CT molecular complexity index is 509. The second-order valence-corrected chi connectivity index (χ2v) is 6.35. The fourth-order valence-electron chi connectivity index (χ4n) is 3.50. The van der Waals surface area contributed by atoms with Crippen molar-refractivity contribution < 1.29 is 9.47 Å². The van der Waals surface area contributed by atoms with Gasteiger partial charge in [-0.15, -0.1) is 0 Å². The Morgan fingerprint density at radius 2 is 2.10 bits per heavy atom. The molecular weight excluding hydrogens is 288 g/mol. The molecule has 21 heavy (non-hydrogen) atoms.